The van der Waals surface area contributed by atoms with Crippen molar-refractivity contribution in [3.8, 4) is 5.75 Å². The van der Waals surface area contributed by atoms with Crippen molar-refractivity contribution in [3.05, 3.63) is 42.1 Å². The fourth-order valence-electron chi connectivity index (χ4n) is 2.95. The third-order valence-corrected chi connectivity index (χ3v) is 4.38. The highest BCUT2D eigenvalue weighted by molar-refractivity contribution is 5.95. The molecule has 0 spiro atoms. The molecule has 3 aromatic heterocycles. The van der Waals surface area contributed by atoms with Gasteiger partial charge in [-0.1, -0.05) is 0 Å². The van der Waals surface area contributed by atoms with Crippen molar-refractivity contribution in [2.75, 3.05) is 13.2 Å². The lowest BCUT2D eigenvalue weighted by atomic mass is 10.1. The van der Waals surface area contributed by atoms with Gasteiger partial charge in [-0.25, -0.2) is 9.50 Å². The van der Waals surface area contributed by atoms with Crippen molar-refractivity contribution in [1.29, 1.82) is 0 Å². The van der Waals surface area contributed by atoms with Gasteiger partial charge in [0.2, 0.25) is 0 Å². The minimum absolute atomic E-state index is 0.222. The van der Waals surface area contributed by atoms with Gasteiger partial charge in [-0.05, 0) is 13.8 Å². The van der Waals surface area contributed by atoms with E-state index < -0.39 is 0 Å². The fourth-order valence-corrected chi connectivity index (χ4v) is 2.95. The Morgan fingerprint density at radius 3 is 3.08 bits per heavy atom. The minimum atomic E-state index is -0.268. The topological polar surface area (TPSA) is 95.6 Å². The Bertz CT molecular complexity index is 934. The molecule has 2 atom stereocenters. The second-order valence-corrected chi connectivity index (χ2v) is 6.18. The standard InChI is InChI=1S/C17H20N6O3/c1-3-22-7-12(6-19-22)26-15-10-25-9-14(15)21-17(24)13-8-23-16(4-5-18-23)20-11(13)2/h4-8,14-15H,3,9-10H2,1-2H3,(H,21,24)/t14-,15+/m0/s1. The zero-order valence-electron chi connectivity index (χ0n) is 14.6. The van der Waals surface area contributed by atoms with E-state index in [0.29, 0.717) is 35.9 Å². The highest BCUT2D eigenvalue weighted by Gasteiger charge is 2.32. The summed E-state index contributed by atoms with van der Waals surface area (Å²) in [6.45, 7) is 5.39. The molecule has 1 amide bonds. The van der Waals surface area contributed by atoms with Gasteiger partial charge in [-0.3, -0.25) is 9.48 Å². The second kappa shape index (κ2) is 6.75. The van der Waals surface area contributed by atoms with E-state index in [1.165, 1.54) is 0 Å². The number of nitrogens with zero attached hydrogens (tertiary/aromatic N) is 5. The van der Waals surface area contributed by atoms with E-state index in [2.05, 4.69) is 20.5 Å². The monoisotopic (exact) mass is 356 g/mol. The zero-order chi connectivity index (χ0) is 18.1. The molecule has 1 aliphatic rings. The Labute approximate surface area is 149 Å². The average Bonchev–Trinajstić information content (AvgIpc) is 3.36. The first-order chi connectivity index (χ1) is 12.6. The van der Waals surface area contributed by atoms with E-state index in [9.17, 15) is 4.79 Å². The van der Waals surface area contributed by atoms with E-state index in [1.807, 2.05) is 13.1 Å². The lowest BCUT2D eigenvalue weighted by Crippen LogP contribution is -2.45. The van der Waals surface area contributed by atoms with E-state index in [4.69, 9.17) is 9.47 Å². The molecule has 3 aromatic rings. The SMILES string of the molecule is CCn1cc(O[C@@H]2COC[C@@H]2NC(=O)c2cn3nccc3nc2C)cn1. The summed E-state index contributed by atoms with van der Waals surface area (Å²) in [5.41, 5.74) is 1.83. The van der Waals surface area contributed by atoms with Crippen LogP contribution in [0.5, 0.6) is 5.75 Å². The van der Waals surface area contributed by atoms with Gasteiger partial charge in [0, 0.05) is 18.8 Å². The van der Waals surface area contributed by atoms with Gasteiger partial charge >= 0.3 is 0 Å². The van der Waals surface area contributed by atoms with Gasteiger partial charge in [0.05, 0.1) is 49.1 Å². The molecular formula is C17H20N6O3. The number of ether oxygens (including phenoxy) is 2. The van der Waals surface area contributed by atoms with Crippen LogP contribution < -0.4 is 10.1 Å². The van der Waals surface area contributed by atoms with Gasteiger partial charge < -0.3 is 14.8 Å². The Hall–Kier alpha value is -2.94. The van der Waals surface area contributed by atoms with Crippen LogP contribution in [-0.2, 0) is 11.3 Å². The molecule has 0 unspecified atom stereocenters. The molecular weight excluding hydrogens is 336 g/mol. The lowest BCUT2D eigenvalue weighted by Gasteiger charge is -2.20. The summed E-state index contributed by atoms with van der Waals surface area (Å²) in [7, 11) is 0. The van der Waals surface area contributed by atoms with Crippen molar-refractivity contribution in [3.63, 3.8) is 0 Å². The fraction of sp³-hybridized carbons (Fsp3) is 0.412. The Kier molecular flexibility index (Phi) is 4.29. The van der Waals surface area contributed by atoms with Crippen LogP contribution in [0, 0.1) is 6.92 Å². The summed E-state index contributed by atoms with van der Waals surface area (Å²) in [4.78, 5) is 17.1. The molecule has 0 radical (unpaired) electrons. The van der Waals surface area contributed by atoms with Crippen molar-refractivity contribution in [1.82, 2.24) is 29.7 Å². The molecule has 4 rings (SSSR count). The molecule has 0 aliphatic carbocycles. The maximum Gasteiger partial charge on any atom is 0.255 e. The number of aryl methyl sites for hydroxylation is 2. The van der Waals surface area contributed by atoms with Crippen LogP contribution in [0.2, 0.25) is 0 Å². The maximum absolute atomic E-state index is 12.7. The van der Waals surface area contributed by atoms with E-state index in [0.717, 1.165) is 6.54 Å². The molecule has 26 heavy (non-hydrogen) atoms. The molecule has 9 nitrogen and oxygen atoms in total. The van der Waals surface area contributed by atoms with Crippen LogP contribution in [0.25, 0.3) is 5.65 Å². The maximum atomic E-state index is 12.7. The van der Waals surface area contributed by atoms with Gasteiger partial charge in [0.15, 0.2) is 11.4 Å². The first kappa shape index (κ1) is 16.5. The predicted octanol–water partition coefficient (Wildman–Crippen LogP) is 0.830. The van der Waals surface area contributed by atoms with Crippen molar-refractivity contribution in [2.24, 2.45) is 0 Å². The van der Waals surface area contributed by atoms with Gasteiger partial charge in [-0.2, -0.15) is 10.2 Å². The number of fused-ring (bicyclic) bond motifs is 1. The summed E-state index contributed by atoms with van der Waals surface area (Å²) in [5.74, 6) is 0.443. The summed E-state index contributed by atoms with van der Waals surface area (Å²) < 4.78 is 14.8. The number of amides is 1. The van der Waals surface area contributed by atoms with E-state index >= 15 is 0 Å². The quantitative estimate of drug-likeness (QED) is 0.727. The highest BCUT2D eigenvalue weighted by atomic mass is 16.5. The van der Waals surface area contributed by atoms with E-state index in [-0.39, 0.29) is 18.1 Å². The molecule has 1 saturated heterocycles. The molecule has 1 fully saturated rings. The average molecular weight is 356 g/mol. The van der Waals surface area contributed by atoms with Crippen molar-refractivity contribution < 1.29 is 14.3 Å². The molecule has 0 saturated carbocycles. The zero-order valence-corrected chi connectivity index (χ0v) is 14.6. The van der Waals surface area contributed by atoms with Crippen LogP contribution in [-0.4, -0.2) is 55.6 Å². The van der Waals surface area contributed by atoms with Crippen molar-refractivity contribution >= 4 is 11.6 Å². The van der Waals surface area contributed by atoms with Crippen LogP contribution in [0.3, 0.4) is 0 Å². The number of carbonyl (C=O) groups is 1. The van der Waals surface area contributed by atoms with Crippen LogP contribution in [0.15, 0.2) is 30.9 Å². The number of hydrogen-bond acceptors (Lipinski definition) is 6. The second-order valence-electron chi connectivity index (χ2n) is 6.18. The molecule has 1 aliphatic heterocycles. The molecule has 4 heterocycles. The summed E-state index contributed by atoms with van der Waals surface area (Å²) >= 11 is 0. The van der Waals surface area contributed by atoms with Gasteiger partial charge in [0.25, 0.3) is 5.91 Å². The predicted molar refractivity (Wildman–Crippen MR) is 92.1 cm³/mol. The first-order valence-electron chi connectivity index (χ1n) is 8.52. The normalized spacial score (nSPS) is 19.8. The lowest BCUT2D eigenvalue weighted by molar-refractivity contribution is 0.0902. The van der Waals surface area contributed by atoms with Crippen LogP contribution in [0.4, 0.5) is 0 Å². The van der Waals surface area contributed by atoms with Crippen molar-refractivity contribution in [2.45, 2.75) is 32.5 Å². The van der Waals surface area contributed by atoms with Gasteiger partial charge in [-0.15, -0.1) is 0 Å². The van der Waals surface area contributed by atoms with Gasteiger partial charge in [0.1, 0.15) is 6.10 Å². The number of nitrogens with one attached hydrogen (secondary N) is 1. The Morgan fingerprint density at radius 1 is 1.38 bits per heavy atom. The highest BCUT2D eigenvalue weighted by Crippen LogP contribution is 2.17. The molecule has 1 N–H and O–H groups in total. The number of aromatic nitrogens is 5. The number of rotatable bonds is 5. The molecule has 9 heteroatoms. The molecule has 0 aromatic carbocycles. The minimum Gasteiger partial charge on any atom is -0.482 e. The Balaban J connectivity index is 1.47. The smallest absolute Gasteiger partial charge is 0.255 e. The summed E-state index contributed by atoms with van der Waals surface area (Å²) in [6.07, 6.45) is 6.56. The van der Waals surface area contributed by atoms with E-state index in [1.54, 1.807) is 40.8 Å². The number of hydrogen-bond donors (Lipinski definition) is 1. The largest absolute Gasteiger partial charge is 0.482 e. The first-order valence-corrected chi connectivity index (χ1v) is 8.52. The third kappa shape index (κ3) is 3.13. The molecule has 136 valence electrons. The number of carbonyl (C=O) groups excluding carboxylic acids is 1. The van der Waals surface area contributed by atoms with Crippen LogP contribution in [0.1, 0.15) is 23.0 Å². The van der Waals surface area contributed by atoms with Crippen LogP contribution >= 0.6 is 0 Å². The molecule has 0 bridgehead atoms. The summed E-state index contributed by atoms with van der Waals surface area (Å²) in [5, 5.41) is 11.3. The summed E-state index contributed by atoms with van der Waals surface area (Å²) in [6, 6.07) is 1.54. The Morgan fingerprint density at radius 2 is 2.27 bits per heavy atom. The third-order valence-electron chi connectivity index (χ3n) is 4.38.